The van der Waals surface area contributed by atoms with Crippen molar-refractivity contribution >= 4 is 11.9 Å². The SMILES string of the molecule is Cc1ccccc1[C@H]1[C@@H](C(=O)O)CCC(=O)N1CCCn1cccn1. The van der Waals surface area contributed by atoms with E-state index in [-0.39, 0.29) is 5.91 Å². The summed E-state index contributed by atoms with van der Waals surface area (Å²) in [5.41, 5.74) is 1.95. The van der Waals surface area contributed by atoms with E-state index in [2.05, 4.69) is 5.10 Å². The molecule has 0 saturated carbocycles. The number of amides is 1. The first-order valence-electron chi connectivity index (χ1n) is 8.63. The number of aryl methyl sites for hydroxylation is 2. The van der Waals surface area contributed by atoms with Gasteiger partial charge in [-0.3, -0.25) is 14.3 Å². The van der Waals surface area contributed by atoms with Gasteiger partial charge in [0.2, 0.25) is 5.91 Å². The van der Waals surface area contributed by atoms with Gasteiger partial charge in [0.25, 0.3) is 0 Å². The molecule has 3 rings (SSSR count). The first-order chi connectivity index (χ1) is 12.1. The van der Waals surface area contributed by atoms with Crippen LogP contribution < -0.4 is 0 Å². The van der Waals surface area contributed by atoms with Crippen molar-refractivity contribution < 1.29 is 14.7 Å². The number of carboxylic acid groups (broad SMARTS) is 1. The first-order valence-corrected chi connectivity index (χ1v) is 8.63. The molecular formula is C19H23N3O3. The summed E-state index contributed by atoms with van der Waals surface area (Å²) in [7, 11) is 0. The van der Waals surface area contributed by atoms with Crippen LogP contribution in [-0.2, 0) is 16.1 Å². The summed E-state index contributed by atoms with van der Waals surface area (Å²) in [6.07, 6.45) is 5.03. The van der Waals surface area contributed by atoms with Crippen molar-refractivity contribution in [3.05, 3.63) is 53.9 Å². The Bertz CT molecular complexity index is 742. The van der Waals surface area contributed by atoms with Crippen molar-refractivity contribution in [3.8, 4) is 0 Å². The maximum atomic E-state index is 12.6. The highest BCUT2D eigenvalue weighted by Gasteiger charge is 2.40. The van der Waals surface area contributed by atoms with Gasteiger partial charge in [0, 0.05) is 31.9 Å². The molecule has 1 aliphatic heterocycles. The molecule has 0 spiro atoms. The Balaban J connectivity index is 1.84. The number of hydrogen-bond acceptors (Lipinski definition) is 3. The lowest BCUT2D eigenvalue weighted by Gasteiger charge is -2.40. The van der Waals surface area contributed by atoms with E-state index >= 15 is 0 Å². The zero-order chi connectivity index (χ0) is 17.8. The molecule has 2 atom stereocenters. The highest BCUT2D eigenvalue weighted by Crippen LogP contribution is 2.38. The summed E-state index contributed by atoms with van der Waals surface area (Å²) in [5, 5.41) is 13.9. The first kappa shape index (κ1) is 17.2. The summed E-state index contributed by atoms with van der Waals surface area (Å²) in [6.45, 7) is 3.20. The number of rotatable bonds is 6. The lowest BCUT2D eigenvalue weighted by atomic mass is 9.82. The van der Waals surface area contributed by atoms with E-state index in [0.717, 1.165) is 17.5 Å². The maximum Gasteiger partial charge on any atom is 0.308 e. The number of hydrogen-bond donors (Lipinski definition) is 1. The number of benzene rings is 1. The van der Waals surface area contributed by atoms with Gasteiger partial charge >= 0.3 is 5.97 Å². The number of aromatic nitrogens is 2. The van der Waals surface area contributed by atoms with E-state index in [9.17, 15) is 14.7 Å². The summed E-state index contributed by atoms with van der Waals surface area (Å²) in [6, 6.07) is 9.20. The van der Waals surface area contributed by atoms with Crippen molar-refractivity contribution in [1.82, 2.24) is 14.7 Å². The third-order valence-corrected chi connectivity index (χ3v) is 4.88. The number of nitrogens with zero attached hydrogens (tertiary/aromatic N) is 3. The minimum Gasteiger partial charge on any atom is -0.481 e. The Hall–Kier alpha value is -2.63. The van der Waals surface area contributed by atoms with Crippen LogP contribution in [-0.4, -0.2) is 38.2 Å². The van der Waals surface area contributed by atoms with E-state index in [0.29, 0.717) is 25.9 Å². The Kier molecular flexibility index (Phi) is 5.16. The summed E-state index contributed by atoms with van der Waals surface area (Å²) >= 11 is 0. The van der Waals surface area contributed by atoms with Gasteiger partial charge < -0.3 is 10.0 Å². The second kappa shape index (κ2) is 7.51. The van der Waals surface area contributed by atoms with Crippen LogP contribution in [0.2, 0.25) is 0 Å². The van der Waals surface area contributed by atoms with Gasteiger partial charge in [-0.15, -0.1) is 0 Å². The van der Waals surface area contributed by atoms with Crippen molar-refractivity contribution in [1.29, 1.82) is 0 Å². The fourth-order valence-electron chi connectivity index (χ4n) is 3.61. The molecule has 1 aromatic heterocycles. The molecule has 1 aliphatic rings. The van der Waals surface area contributed by atoms with Gasteiger partial charge in [0.05, 0.1) is 12.0 Å². The van der Waals surface area contributed by atoms with Crippen molar-refractivity contribution in [2.75, 3.05) is 6.54 Å². The number of carboxylic acids is 1. The fraction of sp³-hybridized carbons (Fsp3) is 0.421. The molecule has 25 heavy (non-hydrogen) atoms. The van der Waals surface area contributed by atoms with Crippen LogP contribution in [0.15, 0.2) is 42.7 Å². The summed E-state index contributed by atoms with van der Waals surface area (Å²) in [4.78, 5) is 26.1. The maximum absolute atomic E-state index is 12.6. The number of aliphatic carboxylic acids is 1. The Morgan fingerprint density at radius 1 is 1.28 bits per heavy atom. The molecule has 6 nitrogen and oxygen atoms in total. The van der Waals surface area contributed by atoms with Crippen LogP contribution >= 0.6 is 0 Å². The van der Waals surface area contributed by atoms with Gasteiger partial charge in [-0.25, -0.2) is 0 Å². The molecule has 1 N–H and O–H groups in total. The molecule has 1 amide bonds. The molecule has 1 saturated heterocycles. The fourth-order valence-corrected chi connectivity index (χ4v) is 3.61. The van der Waals surface area contributed by atoms with Gasteiger partial charge in [-0.2, -0.15) is 5.10 Å². The second-order valence-corrected chi connectivity index (χ2v) is 6.49. The van der Waals surface area contributed by atoms with Crippen LogP contribution in [0.5, 0.6) is 0 Å². The predicted molar refractivity (Wildman–Crippen MR) is 92.8 cm³/mol. The van der Waals surface area contributed by atoms with Gasteiger partial charge in [0.15, 0.2) is 0 Å². The minimum atomic E-state index is -0.835. The van der Waals surface area contributed by atoms with Crippen molar-refractivity contribution in [2.45, 2.75) is 38.8 Å². The van der Waals surface area contributed by atoms with Crippen LogP contribution in [0, 0.1) is 12.8 Å². The van der Waals surface area contributed by atoms with E-state index < -0.39 is 17.9 Å². The predicted octanol–water partition coefficient (Wildman–Crippen LogP) is 2.65. The lowest BCUT2D eigenvalue weighted by Crippen LogP contribution is -2.46. The quantitative estimate of drug-likeness (QED) is 0.876. The highest BCUT2D eigenvalue weighted by atomic mass is 16.4. The molecule has 132 valence electrons. The van der Waals surface area contributed by atoms with Crippen LogP contribution in [0.3, 0.4) is 0 Å². The average molecular weight is 341 g/mol. The zero-order valence-corrected chi connectivity index (χ0v) is 14.3. The molecule has 1 aromatic carbocycles. The van der Waals surface area contributed by atoms with E-state index in [1.807, 2.05) is 48.1 Å². The number of likely N-dealkylation sites (tertiary alicyclic amines) is 1. The lowest BCUT2D eigenvalue weighted by molar-refractivity contribution is -0.152. The molecule has 0 bridgehead atoms. The van der Waals surface area contributed by atoms with Crippen LogP contribution in [0.4, 0.5) is 0 Å². The average Bonchev–Trinajstić information content (AvgIpc) is 3.10. The van der Waals surface area contributed by atoms with Crippen molar-refractivity contribution in [3.63, 3.8) is 0 Å². The third kappa shape index (κ3) is 3.73. The van der Waals surface area contributed by atoms with E-state index in [4.69, 9.17) is 0 Å². The Morgan fingerprint density at radius 2 is 2.08 bits per heavy atom. The number of carbonyl (C=O) groups is 2. The third-order valence-electron chi connectivity index (χ3n) is 4.88. The summed E-state index contributed by atoms with van der Waals surface area (Å²) < 4.78 is 1.83. The Morgan fingerprint density at radius 3 is 2.76 bits per heavy atom. The molecule has 0 aliphatic carbocycles. The highest BCUT2D eigenvalue weighted by molar-refractivity contribution is 5.82. The molecule has 0 unspecified atom stereocenters. The number of piperidine rings is 1. The largest absolute Gasteiger partial charge is 0.481 e. The van der Waals surface area contributed by atoms with Gasteiger partial charge in [-0.05, 0) is 37.0 Å². The van der Waals surface area contributed by atoms with Crippen LogP contribution in [0.1, 0.15) is 36.4 Å². The van der Waals surface area contributed by atoms with E-state index in [1.165, 1.54) is 0 Å². The molecular weight excluding hydrogens is 318 g/mol. The molecule has 6 heteroatoms. The Labute approximate surface area is 147 Å². The molecule has 1 fully saturated rings. The topological polar surface area (TPSA) is 75.4 Å². The zero-order valence-electron chi connectivity index (χ0n) is 14.3. The van der Waals surface area contributed by atoms with Crippen molar-refractivity contribution in [2.24, 2.45) is 5.92 Å². The van der Waals surface area contributed by atoms with E-state index in [1.54, 1.807) is 11.1 Å². The standard InChI is InChI=1S/C19H23N3O3/c1-14-6-2-3-7-15(14)18-16(19(24)25)8-9-17(23)22(18)13-5-12-21-11-4-10-20-21/h2-4,6-7,10-11,16,18H,5,8-9,12-13H2,1H3,(H,24,25)/t16-,18-/m0/s1. The van der Waals surface area contributed by atoms with Gasteiger partial charge in [0.1, 0.15) is 0 Å². The molecule has 2 heterocycles. The van der Waals surface area contributed by atoms with Gasteiger partial charge in [-0.1, -0.05) is 24.3 Å². The van der Waals surface area contributed by atoms with Crippen LogP contribution in [0.25, 0.3) is 0 Å². The smallest absolute Gasteiger partial charge is 0.308 e. The summed E-state index contributed by atoms with van der Waals surface area (Å²) in [5.74, 6) is -1.37. The monoisotopic (exact) mass is 341 g/mol. The molecule has 2 aromatic rings. The number of carbonyl (C=O) groups excluding carboxylic acids is 1. The molecule has 0 radical (unpaired) electrons. The minimum absolute atomic E-state index is 0.0335. The normalized spacial score (nSPS) is 20.7. The second-order valence-electron chi connectivity index (χ2n) is 6.49.